The van der Waals surface area contributed by atoms with Crippen molar-refractivity contribution >= 4 is 29.6 Å². The second kappa shape index (κ2) is 12.1. The molecule has 1 aliphatic carbocycles. The maximum Gasteiger partial charge on any atom is 0.408 e. The van der Waals surface area contributed by atoms with E-state index in [2.05, 4.69) is 10.6 Å². The molecule has 0 bridgehead atoms. The molecule has 3 atom stereocenters. The van der Waals surface area contributed by atoms with Crippen LogP contribution in [0.2, 0.25) is 0 Å². The zero-order chi connectivity index (χ0) is 27.3. The second-order valence-electron chi connectivity index (χ2n) is 12.2. The van der Waals surface area contributed by atoms with E-state index in [1.54, 1.807) is 20.8 Å². The number of nitrogens with two attached hydrogens (primary N) is 1. The smallest absolute Gasteiger partial charge is 0.408 e. The Hall–Kier alpha value is -2.65. The number of carbonyl (C=O) groups excluding carboxylic acids is 5. The van der Waals surface area contributed by atoms with Crippen LogP contribution >= 0.6 is 0 Å². The predicted molar refractivity (Wildman–Crippen MR) is 135 cm³/mol. The van der Waals surface area contributed by atoms with Gasteiger partial charge in [-0.05, 0) is 51.4 Å². The number of ketones is 1. The van der Waals surface area contributed by atoms with Crippen LogP contribution in [0, 0.1) is 11.3 Å². The Kier molecular flexibility index (Phi) is 9.91. The van der Waals surface area contributed by atoms with E-state index in [9.17, 15) is 24.0 Å². The second-order valence-corrected chi connectivity index (χ2v) is 12.2. The fraction of sp³-hybridized carbons (Fsp3) is 0.808. The first-order valence-corrected chi connectivity index (χ1v) is 13.0. The molecule has 4 amide bonds. The molecule has 4 N–H and O–H groups in total. The number of amides is 4. The highest BCUT2D eigenvalue weighted by Crippen LogP contribution is 2.29. The zero-order valence-electron chi connectivity index (χ0n) is 22.6. The normalized spacial score (nSPS) is 20.8. The minimum Gasteiger partial charge on any atom is -0.444 e. The molecular weight excluding hydrogens is 464 g/mol. The lowest BCUT2D eigenvalue weighted by atomic mass is 9.84. The summed E-state index contributed by atoms with van der Waals surface area (Å²) in [6, 6.07) is -2.74. The molecule has 1 aliphatic heterocycles. The van der Waals surface area contributed by atoms with Crippen LogP contribution in [-0.2, 0) is 23.9 Å². The number of ether oxygens (including phenoxy) is 1. The van der Waals surface area contributed by atoms with Crippen LogP contribution in [0.4, 0.5) is 4.79 Å². The minimum absolute atomic E-state index is 0.233. The molecule has 0 aromatic rings. The number of primary amides is 1. The molecule has 2 aliphatic rings. The highest BCUT2D eigenvalue weighted by Gasteiger charge is 2.43. The Labute approximate surface area is 214 Å². The van der Waals surface area contributed by atoms with Gasteiger partial charge in [0.25, 0.3) is 5.91 Å². The number of hydrogen-bond acceptors (Lipinski definition) is 6. The van der Waals surface area contributed by atoms with E-state index in [0.717, 1.165) is 32.1 Å². The van der Waals surface area contributed by atoms with Crippen molar-refractivity contribution in [1.29, 1.82) is 0 Å². The lowest BCUT2D eigenvalue weighted by molar-refractivity contribution is -0.143. The third kappa shape index (κ3) is 8.48. The number of nitrogens with zero attached hydrogens (tertiary/aromatic N) is 1. The average molecular weight is 509 g/mol. The number of carbonyl (C=O) groups is 5. The summed E-state index contributed by atoms with van der Waals surface area (Å²) in [4.78, 5) is 65.0. The summed E-state index contributed by atoms with van der Waals surface area (Å²) in [5.41, 5.74) is 3.89. The lowest BCUT2D eigenvalue weighted by Crippen LogP contribution is -2.59. The van der Waals surface area contributed by atoms with Crippen molar-refractivity contribution in [2.45, 2.75) is 117 Å². The van der Waals surface area contributed by atoms with Crippen LogP contribution < -0.4 is 16.4 Å². The van der Waals surface area contributed by atoms with Crippen molar-refractivity contribution in [1.82, 2.24) is 15.5 Å². The van der Waals surface area contributed by atoms with E-state index in [4.69, 9.17) is 10.5 Å². The van der Waals surface area contributed by atoms with Gasteiger partial charge in [-0.1, -0.05) is 52.9 Å². The van der Waals surface area contributed by atoms with E-state index in [-0.39, 0.29) is 5.92 Å². The highest BCUT2D eigenvalue weighted by molar-refractivity contribution is 6.37. The van der Waals surface area contributed by atoms with Crippen molar-refractivity contribution < 1.29 is 28.7 Å². The first-order valence-electron chi connectivity index (χ1n) is 13.0. The summed E-state index contributed by atoms with van der Waals surface area (Å²) in [7, 11) is 0. The number of likely N-dealkylation sites (tertiary alicyclic amines) is 1. The first kappa shape index (κ1) is 29.6. The summed E-state index contributed by atoms with van der Waals surface area (Å²) >= 11 is 0. The van der Waals surface area contributed by atoms with E-state index < -0.39 is 58.7 Å². The Morgan fingerprint density at radius 1 is 0.917 bits per heavy atom. The van der Waals surface area contributed by atoms with Crippen LogP contribution in [0.3, 0.4) is 0 Å². The van der Waals surface area contributed by atoms with Crippen LogP contribution in [-0.4, -0.2) is 64.8 Å². The molecule has 1 unspecified atom stereocenters. The SMILES string of the molecule is CC(C)(C)OC(=O)N[C@H](C(=O)N1CCC[C@H]1C(=O)NC(CC1CCCCC1)C(=O)C(N)=O)C(C)(C)C. The maximum absolute atomic E-state index is 13.6. The summed E-state index contributed by atoms with van der Waals surface area (Å²) in [5.74, 6) is -2.54. The van der Waals surface area contributed by atoms with E-state index in [0.29, 0.717) is 25.8 Å². The number of nitrogens with one attached hydrogen (secondary N) is 2. The molecule has 2 rings (SSSR count). The van der Waals surface area contributed by atoms with Gasteiger partial charge in [0.15, 0.2) is 0 Å². The molecule has 1 saturated heterocycles. The van der Waals surface area contributed by atoms with Gasteiger partial charge in [-0.25, -0.2) is 4.79 Å². The summed E-state index contributed by atoms with van der Waals surface area (Å²) < 4.78 is 5.34. The van der Waals surface area contributed by atoms with Crippen molar-refractivity contribution in [3.8, 4) is 0 Å². The van der Waals surface area contributed by atoms with E-state index in [1.165, 1.54) is 4.90 Å². The van der Waals surface area contributed by atoms with Gasteiger partial charge in [-0.15, -0.1) is 0 Å². The molecule has 36 heavy (non-hydrogen) atoms. The van der Waals surface area contributed by atoms with Crippen LogP contribution in [0.25, 0.3) is 0 Å². The molecule has 204 valence electrons. The van der Waals surface area contributed by atoms with Gasteiger partial charge < -0.3 is 26.0 Å². The molecule has 10 nitrogen and oxygen atoms in total. The predicted octanol–water partition coefficient (Wildman–Crippen LogP) is 2.43. The molecule has 2 fully saturated rings. The standard InChI is InChI=1S/C26H44N4O6/c1-25(2,3)20(29-24(35)36-26(4,5)6)23(34)30-14-10-13-18(30)22(33)28-17(19(31)21(27)32)15-16-11-8-7-9-12-16/h16-18,20H,7-15H2,1-6H3,(H2,27,32)(H,28,33)(H,29,35)/t17?,18-,20+/m0/s1. The molecule has 10 heteroatoms. The minimum atomic E-state index is -1.08. The van der Waals surface area contributed by atoms with Crippen molar-refractivity contribution in [3.05, 3.63) is 0 Å². The average Bonchev–Trinajstić information content (AvgIpc) is 3.25. The van der Waals surface area contributed by atoms with Crippen LogP contribution in [0.5, 0.6) is 0 Å². The van der Waals surface area contributed by atoms with E-state index in [1.807, 2.05) is 20.8 Å². The Morgan fingerprint density at radius 3 is 2.06 bits per heavy atom. The quantitative estimate of drug-likeness (QED) is 0.429. The van der Waals surface area contributed by atoms with Crippen molar-refractivity contribution in [3.63, 3.8) is 0 Å². The molecule has 0 aromatic heterocycles. The summed E-state index contributed by atoms with van der Waals surface area (Å²) in [6.07, 6.45) is 5.80. The van der Waals surface area contributed by atoms with Crippen LogP contribution in [0.15, 0.2) is 0 Å². The summed E-state index contributed by atoms with van der Waals surface area (Å²) in [5, 5.41) is 5.40. The molecule has 1 heterocycles. The molecule has 1 saturated carbocycles. The number of rotatable bonds is 8. The molecule has 0 radical (unpaired) electrons. The fourth-order valence-electron chi connectivity index (χ4n) is 4.97. The number of Topliss-reactive ketones (excluding diaryl/α,β-unsaturated/α-hetero) is 1. The maximum atomic E-state index is 13.6. The third-order valence-corrected chi connectivity index (χ3v) is 6.78. The largest absolute Gasteiger partial charge is 0.444 e. The van der Waals surface area contributed by atoms with Gasteiger partial charge in [0.1, 0.15) is 17.7 Å². The Bertz CT molecular complexity index is 838. The molecule has 0 spiro atoms. The zero-order valence-corrected chi connectivity index (χ0v) is 22.6. The molecule has 0 aromatic carbocycles. The van der Waals surface area contributed by atoms with Gasteiger partial charge in [-0.3, -0.25) is 19.2 Å². The monoisotopic (exact) mass is 508 g/mol. The number of alkyl carbamates (subject to hydrolysis) is 1. The topological polar surface area (TPSA) is 148 Å². The lowest BCUT2D eigenvalue weighted by Gasteiger charge is -2.36. The Morgan fingerprint density at radius 2 is 1.53 bits per heavy atom. The van der Waals surface area contributed by atoms with Crippen LogP contribution in [0.1, 0.15) is 92.9 Å². The number of hydrogen-bond donors (Lipinski definition) is 3. The summed E-state index contributed by atoms with van der Waals surface area (Å²) in [6.45, 7) is 11.0. The highest BCUT2D eigenvalue weighted by atomic mass is 16.6. The Balaban J connectivity index is 2.16. The van der Waals surface area contributed by atoms with Gasteiger partial charge in [-0.2, -0.15) is 0 Å². The van der Waals surface area contributed by atoms with Crippen molar-refractivity contribution in [2.75, 3.05) is 6.54 Å². The van der Waals surface area contributed by atoms with Gasteiger partial charge in [0.2, 0.25) is 17.6 Å². The molecular formula is C26H44N4O6. The first-order chi connectivity index (χ1) is 16.6. The van der Waals surface area contributed by atoms with Gasteiger partial charge >= 0.3 is 6.09 Å². The van der Waals surface area contributed by atoms with Gasteiger partial charge in [0, 0.05) is 6.54 Å². The van der Waals surface area contributed by atoms with Gasteiger partial charge in [0.05, 0.1) is 6.04 Å². The third-order valence-electron chi connectivity index (χ3n) is 6.78. The fourth-order valence-corrected chi connectivity index (χ4v) is 4.97. The van der Waals surface area contributed by atoms with Crippen molar-refractivity contribution in [2.24, 2.45) is 17.1 Å². The van der Waals surface area contributed by atoms with E-state index >= 15 is 0 Å².